The lowest BCUT2D eigenvalue weighted by Crippen LogP contribution is -2.29. The summed E-state index contributed by atoms with van der Waals surface area (Å²) in [7, 11) is -3.70. The highest BCUT2D eigenvalue weighted by Gasteiger charge is 2.39. The largest absolute Gasteiger partial charge is 0.378 e. The Morgan fingerprint density at radius 3 is 2.65 bits per heavy atom. The van der Waals surface area contributed by atoms with E-state index in [2.05, 4.69) is 51.6 Å². The van der Waals surface area contributed by atoms with Gasteiger partial charge in [0, 0.05) is 34.4 Å². The van der Waals surface area contributed by atoms with Crippen LogP contribution >= 0.6 is 0 Å². The minimum absolute atomic E-state index is 0.153. The molecule has 3 unspecified atom stereocenters. The predicted molar refractivity (Wildman–Crippen MR) is 138 cm³/mol. The van der Waals surface area contributed by atoms with E-state index in [1.807, 2.05) is 44.2 Å². The molecule has 5 nitrogen and oxygen atoms in total. The number of aryl methyl sites for hydroxylation is 2. The zero-order valence-electron chi connectivity index (χ0n) is 19.2. The van der Waals surface area contributed by atoms with Crippen molar-refractivity contribution in [3.8, 4) is 0 Å². The maximum absolute atomic E-state index is 13.2. The number of H-pyrrole nitrogens is 1. The molecule has 1 aliphatic carbocycles. The molecule has 3 N–H and O–H groups in total. The van der Waals surface area contributed by atoms with Gasteiger partial charge in [0.25, 0.3) is 10.0 Å². The fourth-order valence-electron chi connectivity index (χ4n) is 5.42. The lowest BCUT2D eigenvalue weighted by atomic mass is 9.77. The topological polar surface area (TPSA) is 74.0 Å². The van der Waals surface area contributed by atoms with Crippen LogP contribution in [0.1, 0.15) is 40.6 Å². The Balaban J connectivity index is 1.36. The molecule has 34 heavy (non-hydrogen) atoms. The van der Waals surface area contributed by atoms with Gasteiger partial charge < -0.3 is 10.3 Å². The van der Waals surface area contributed by atoms with Gasteiger partial charge in [-0.3, -0.25) is 4.72 Å². The van der Waals surface area contributed by atoms with Crippen molar-refractivity contribution in [3.63, 3.8) is 0 Å². The number of para-hydroxylation sites is 1. The quantitative estimate of drug-likeness (QED) is 0.302. The van der Waals surface area contributed by atoms with E-state index >= 15 is 0 Å². The van der Waals surface area contributed by atoms with Gasteiger partial charge in [-0.15, -0.1) is 0 Å². The Hall–Kier alpha value is -3.51. The summed E-state index contributed by atoms with van der Waals surface area (Å²) in [5, 5.41) is 4.96. The smallest absolute Gasteiger partial charge is 0.261 e. The van der Waals surface area contributed by atoms with Crippen LogP contribution in [0.15, 0.2) is 83.9 Å². The standard InChI is InChI=1S/C28H27N3O2S/c1-17-10-11-19(14-18(17)2)31-34(32,33)20-12-13-27-24(15-20)21-7-5-8-23(21)28(30-27)25-16-29-26-9-4-3-6-22(25)26/h3-7,9-16,21,23,28-31H,8H2,1-2H3. The number of hydrogen-bond acceptors (Lipinski definition) is 3. The van der Waals surface area contributed by atoms with Gasteiger partial charge in [-0.05, 0) is 84.8 Å². The summed E-state index contributed by atoms with van der Waals surface area (Å²) < 4.78 is 29.2. The first-order valence-electron chi connectivity index (χ1n) is 11.6. The molecule has 3 aromatic carbocycles. The molecule has 0 amide bonds. The van der Waals surface area contributed by atoms with Crippen molar-refractivity contribution >= 4 is 32.3 Å². The Kier molecular flexibility index (Phi) is 4.81. The van der Waals surface area contributed by atoms with E-state index in [-0.39, 0.29) is 16.9 Å². The van der Waals surface area contributed by atoms with E-state index in [9.17, 15) is 8.42 Å². The van der Waals surface area contributed by atoms with Crippen LogP contribution in [0.4, 0.5) is 11.4 Å². The fourth-order valence-corrected chi connectivity index (χ4v) is 6.50. The molecule has 6 rings (SSSR count). The highest BCUT2D eigenvalue weighted by atomic mass is 32.2. The molecule has 172 valence electrons. The van der Waals surface area contributed by atoms with Crippen LogP contribution in [0.2, 0.25) is 0 Å². The molecule has 4 aromatic rings. The molecule has 0 radical (unpaired) electrons. The van der Waals surface area contributed by atoms with E-state index in [1.54, 1.807) is 12.1 Å². The van der Waals surface area contributed by atoms with Crippen LogP contribution in [0.25, 0.3) is 10.9 Å². The zero-order valence-corrected chi connectivity index (χ0v) is 20.0. The molecule has 1 aromatic heterocycles. The first kappa shape index (κ1) is 21.1. The predicted octanol–water partition coefficient (Wildman–Crippen LogP) is 6.41. The molecule has 6 heteroatoms. The van der Waals surface area contributed by atoms with Gasteiger partial charge in [0.05, 0.1) is 10.9 Å². The number of benzene rings is 3. The number of nitrogens with one attached hydrogen (secondary N) is 3. The number of rotatable bonds is 4. The van der Waals surface area contributed by atoms with Crippen molar-refractivity contribution in [3.05, 3.63) is 101 Å². The number of aromatic nitrogens is 1. The molecular formula is C28H27N3O2S. The lowest BCUT2D eigenvalue weighted by molar-refractivity contribution is 0.427. The monoisotopic (exact) mass is 469 g/mol. The van der Waals surface area contributed by atoms with Crippen molar-refractivity contribution in [1.82, 2.24) is 4.98 Å². The summed E-state index contributed by atoms with van der Waals surface area (Å²) in [6, 6.07) is 19.6. The maximum atomic E-state index is 13.2. The van der Waals surface area contributed by atoms with Crippen molar-refractivity contribution in [2.75, 3.05) is 10.0 Å². The second-order valence-corrected chi connectivity index (χ2v) is 11.1. The molecule has 0 saturated carbocycles. The van der Waals surface area contributed by atoms with Crippen LogP contribution < -0.4 is 10.0 Å². The molecule has 1 aliphatic heterocycles. The van der Waals surface area contributed by atoms with Gasteiger partial charge in [0.15, 0.2) is 0 Å². The summed E-state index contributed by atoms with van der Waals surface area (Å²) in [4.78, 5) is 3.69. The van der Waals surface area contributed by atoms with Crippen molar-refractivity contribution in [1.29, 1.82) is 0 Å². The molecule has 3 atom stereocenters. The van der Waals surface area contributed by atoms with E-state index in [0.717, 1.165) is 34.3 Å². The Morgan fingerprint density at radius 1 is 0.941 bits per heavy atom. The molecule has 0 bridgehead atoms. The molecule has 2 aliphatic rings. The molecular weight excluding hydrogens is 442 g/mol. The third-order valence-electron chi connectivity index (χ3n) is 7.36. The van der Waals surface area contributed by atoms with Gasteiger partial charge >= 0.3 is 0 Å². The second kappa shape index (κ2) is 7.77. The second-order valence-electron chi connectivity index (χ2n) is 9.42. The van der Waals surface area contributed by atoms with Gasteiger partial charge in [-0.25, -0.2) is 8.42 Å². The third-order valence-corrected chi connectivity index (χ3v) is 8.74. The number of aromatic amines is 1. The average molecular weight is 470 g/mol. The minimum Gasteiger partial charge on any atom is -0.378 e. The van der Waals surface area contributed by atoms with Crippen molar-refractivity contribution in [2.45, 2.75) is 37.1 Å². The number of sulfonamides is 1. The van der Waals surface area contributed by atoms with Gasteiger partial charge in [-0.1, -0.05) is 36.4 Å². The fraction of sp³-hybridized carbons (Fsp3) is 0.214. The van der Waals surface area contributed by atoms with Gasteiger partial charge in [0.1, 0.15) is 0 Å². The van der Waals surface area contributed by atoms with E-state index in [4.69, 9.17) is 0 Å². The van der Waals surface area contributed by atoms with Gasteiger partial charge in [0.2, 0.25) is 0 Å². The van der Waals surface area contributed by atoms with Gasteiger partial charge in [-0.2, -0.15) is 0 Å². The summed E-state index contributed by atoms with van der Waals surface area (Å²) in [6.07, 6.45) is 7.52. The SMILES string of the molecule is Cc1ccc(NS(=O)(=O)c2ccc3c(c2)C2C=CCC2C(c2c[nH]c4ccccc24)N3)cc1C. The van der Waals surface area contributed by atoms with E-state index < -0.39 is 10.0 Å². The number of hydrogen-bond donors (Lipinski definition) is 3. The zero-order chi connectivity index (χ0) is 23.4. The summed E-state index contributed by atoms with van der Waals surface area (Å²) in [5.41, 5.74) is 7.19. The van der Waals surface area contributed by atoms with Crippen LogP contribution in [-0.4, -0.2) is 13.4 Å². The molecule has 0 fully saturated rings. The van der Waals surface area contributed by atoms with Crippen LogP contribution in [-0.2, 0) is 10.0 Å². The minimum atomic E-state index is -3.70. The van der Waals surface area contributed by atoms with Crippen molar-refractivity contribution < 1.29 is 8.42 Å². The Labute approximate surface area is 200 Å². The highest BCUT2D eigenvalue weighted by molar-refractivity contribution is 7.92. The lowest BCUT2D eigenvalue weighted by Gasteiger charge is -2.37. The molecule has 0 saturated heterocycles. The Bertz CT molecular complexity index is 1550. The number of anilines is 2. The first-order chi connectivity index (χ1) is 16.4. The van der Waals surface area contributed by atoms with Crippen molar-refractivity contribution in [2.24, 2.45) is 5.92 Å². The number of allylic oxidation sites excluding steroid dienone is 2. The third kappa shape index (κ3) is 3.41. The van der Waals surface area contributed by atoms with Crippen LogP contribution in [0.5, 0.6) is 0 Å². The highest BCUT2D eigenvalue weighted by Crippen LogP contribution is 2.51. The molecule has 0 spiro atoms. The first-order valence-corrected chi connectivity index (χ1v) is 13.1. The average Bonchev–Trinajstić information content (AvgIpc) is 3.48. The number of fused-ring (bicyclic) bond motifs is 4. The normalized spacial score (nSPS) is 21.2. The Morgan fingerprint density at radius 2 is 1.79 bits per heavy atom. The van der Waals surface area contributed by atoms with Crippen LogP contribution in [0, 0.1) is 19.8 Å². The maximum Gasteiger partial charge on any atom is 0.261 e. The van der Waals surface area contributed by atoms with Crippen LogP contribution in [0.3, 0.4) is 0 Å². The molecule has 2 heterocycles. The van der Waals surface area contributed by atoms with E-state index in [0.29, 0.717) is 11.6 Å². The summed E-state index contributed by atoms with van der Waals surface area (Å²) >= 11 is 0. The summed E-state index contributed by atoms with van der Waals surface area (Å²) in [6.45, 7) is 3.99. The van der Waals surface area contributed by atoms with E-state index in [1.165, 1.54) is 10.9 Å². The summed E-state index contributed by atoms with van der Waals surface area (Å²) in [5.74, 6) is 0.504.